The van der Waals surface area contributed by atoms with Gasteiger partial charge in [0.15, 0.2) is 0 Å². The van der Waals surface area contributed by atoms with Crippen LogP contribution in [0.2, 0.25) is 0 Å². The van der Waals surface area contributed by atoms with Crippen molar-refractivity contribution in [1.29, 1.82) is 0 Å². The molecule has 1 aliphatic heterocycles. The Morgan fingerprint density at radius 1 is 1.32 bits per heavy atom. The molecule has 0 spiro atoms. The number of amides is 2. The number of rotatable bonds is 4. The Bertz CT molecular complexity index is 754. The third kappa shape index (κ3) is 4.45. The number of hydrogen-bond acceptors (Lipinski definition) is 5. The van der Waals surface area contributed by atoms with E-state index < -0.39 is 0 Å². The number of thiazole rings is 1. The van der Waals surface area contributed by atoms with Crippen LogP contribution in [-0.2, 0) is 11.3 Å². The van der Waals surface area contributed by atoms with Crippen molar-refractivity contribution in [3.05, 3.63) is 34.0 Å². The van der Waals surface area contributed by atoms with E-state index in [1.165, 1.54) is 11.3 Å². The van der Waals surface area contributed by atoms with Crippen molar-refractivity contribution in [2.24, 2.45) is 0 Å². The topological polar surface area (TPSA) is 80.1 Å². The summed E-state index contributed by atoms with van der Waals surface area (Å²) in [6, 6.07) is 0.0961. The van der Waals surface area contributed by atoms with E-state index in [1.54, 1.807) is 16.4 Å². The maximum Gasteiger partial charge on any atom is 0.263 e. The second kappa shape index (κ2) is 7.77. The molecule has 134 valence electrons. The van der Waals surface area contributed by atoms with E-state index >= 15 is 0 Å². The van der Waals surface area contributed by atoms with Crippen LogP contribution in [0.15, 0.2) is 17.9 Å². The Labute approximate surface area is 151 Å². The molecule has 25 heavy (non-hydrogen) atoms. The van der Waals surface area contributed by atoms with Crippen LogP contribution < -0.4 is 5.32 Å². The van der Waals surface area contributed by atoms with E-state index in [9.17, 15) is 9.59 Å². The van der Waals surface area contributed by atoms with Crippen LogP contribution in [0.25, 0.3) is 0 Å². The summed E-state index contributed by atoms with van der Waals surface area (Å²) in [6.07, 6.45) is 6.16. The highest BCUT2D eigenvalue weighted by atomic mass is 32.1. The molecule has 8 heteroatoms. The number of carbonyl (C=O) groups excluding carboxylic acids is 2. The fourth-order valence-electron chi connectivity index (χ4n) is 3.05. The fourth-order valence-corrected chi connectivity index (χ4v) is 3.76. The number of aryl methyl sites for hydroxylation is 2. The molecule has 1 atom stereocenters. The maximum absolute atomic E-state index is 12.5. The summed E-state index contributed by atoms with van der Waals surface area (Å²) in [5.74, 6) is 0.0187. The number of carbonyl (C=O) groups is 2. The normalized spacial score (nSPS) is 18.0. The largest absolute Gasteiger partial charge is 0.348 e. The van der Waals surface area contributed by atoms with E-state index in [2.05, 4.69) is 15.4 Å². The summed E-state index contributed by atoms with van der Waals surface area (Å²) in [7, 11) is 0. The van der Waals surface area contributed by atoms with Crippen molar-refractivity contribution in [2.75, 3.05) is 13.1 Å². The Balaban J connectivity index is 1.52. The molecule has 0 aliphatic carbocycles. The van der Waals surface area contributed by atoms with Crippen molar-refractivity contribution in [2.45, 2.75) is 45.7 Å². The molecule has 2 aromatic rings. The van der Waals surface area contributed by atoms with E-state index in [-0.39, 0.29) is 24.4 Å². The quantitative estimate of drug-likeness (QED) is 0.900. The Kier molecular flexibility index (Phi) is 5.47. The molecule has 0 saturated carbocycles. The third-order valence-corrected chi connectivity index (χ3v) is 5.35. The van der Waals surface area contributed by atoms with Gasteiger partial charge in [0.25, 0.3) is 5.91 Å². The predicted molar refractivity (Wildman–Crippen MR) is 95.5 cm³/mol. The minimum Gasteiger partial charge on any atom is -0.348 e. The summed E-state index contributed by atoms with van der Waals surface area (Å²) in [5, 5.41) is 7.26. The van der Waals surface area contributed by atoms with Crippen molar-refractivity contribution in [3.8, 4) is 0 Å². The third-order valence-electron chi connectivity index (χ3n) is 4.43. The minimum atomic E-state index is -0.0585. The summed E-state index contributed by atoms with van der Waals surface area (Å²) in [4.78, 5) is 31.5. The SMILES string of the molecule is Cc1cnn(CC(=O)N2CCC[C@@H](NC(=O)c3scnc3C)CC2)c1. The maximum atomic E-state index is 12.5. The first kappa shape index (κ1) is 17.6. The average Bonchev–Trinajstić information content (AvgIpc) is 3.10. The summed E-state index contributed by atoms with van der Waals surface area (Å²) in [5.41, 5.74) is 3.50. The summed E-state index contributed by atoms with van der Waals surface area (Å²) in [6.45, 7) is 5.45. The van der Waals surface area contributed by atoms with Crippen LogP contribution in [0.3, 0.4) is 0 Å². The van der Waals surface area contributed by atoms with Crippen LogP contribution in [0.5, 0.6) is 0 Å². The summed E-state index contributed by atoms with van der Waals surface area (Å²) < 4.78 is 1.67. The highest BCUT2D eigenvalue weighted by molar-refractivity contribution is 7.11. The van der Waals surface area contributed by atoms with Crippen molar-refractivity contribution in [1.82, 2.24) is 25.0 Å². The van der Waals surface area contributed by atoms with Crippen molar-refractivity contribution in [3.63, 3.8) is 0 Å². The Hall–Kier alpha value is -2.22. The molecule has 1 N–H and O–H groups in total. The van der Waals surface area contributed by atoms with E-state index in [1.807, 2.05) is 24.9 Å². The monoisotopic (exact) mass is 361 g/mol. The van der Waals surface area contributed by atoms with Crippen LogP contribution >= 0.6 is 11.3 Å². The van der Waals surface area contributed by atoms with Crippen molar-refractivity contribution < 1.29 is 9.59 Å². The van der Waals surface area contributed by atoms with Gasteiger partial charge in [0.05, 0.1) is 17.4 Å². The lowest BCUT2D eigenvalue weighted by Gasteiger charge is -2.21. The van der Waals surface area contributed by atoms with Gasteiger partial charge in [-0.15, -0.1) is 11.3 Å². The lowest BCUT2D eigenvalue weighted by Crippen LogP contribution is -2.37. The first-order valence-electron chi connectivity index (χ1n) is 8.50. The van der Waals surface area contributed by atoms with Gasteiger partial charge in [-0.25, -0.2) is 4.98 Å². The first-order valence-corrected chi connectivity index (χ1v) is 9.38. The lowest BCUT2D eigenvalue weighted by atomic mass is 10.1. The predicted octanol–water partition coefficient (Wildman–Crippen LogP) is 1.77. The van der Waals surface area contributed by atoms with Gasteiger partial charge in [-0.1, -0.05) is 0 Å². The van der Waals surface area contributed by atoms with Crippen LogP contribution in [0, 0.1) is 13.8 Å². The number of aromatic nitrogens is 3. The zero-order chi connectivity index (χ0) is 17.8. The fraction of sp³-hybridized carbons (Fsp3) is 0.529. The molecule has 1 fully saturated rings. The van der Waals surface area contributed by atoms with Crippen LogP contribution in [-0.4, -0.2) is 50.6 Å². The van der Waals surface area contributed by atoms with Gasteiger partial charge < -0.3 is 10.2 Å². The molecule has 2 amide bonds. The standard InChI is InChI=1S/C17H23N5O2S/c1-12-8-19-22(9-12)10-15(23)21-6-3-4-14(5-7-21)20-17(24)16-13(2)18-11-25-16/h8-9,11,14H,3-7,10H2,1-2H3,(H,20,24)/t14-/m1/s1. The van der Waals surface area contributed by atoms with Crippen LogP contribution in [0.1, 0.15) is 40.2 Å². The molecular weight excluding hydrogens is 338 g/mol. The number of nitrogens with zero attached hydrogens (tertiary/aromatic N) is 4. The second-order valence-electron chi connectivity index (χ2n) is 6.46. The van der Waals surface area contributed by atoms with Gasteiger partial charge in [-0.05, 0) is 38.7 Å². The molecule has 3 rings (SSSR count). The smallest absolute Gasteiger partial charge is 0.263 e. The zero-order valence-corrected chi connectivity index (χ0v) is 15.4. The molecule has 3 heterocycles. The lowest BCUT2D eigenvalue weighted by molar-refractivity contribution is -0.132. The highest BCUT2D eigenvalue weighted by Crippen LogP contribution is 2.16. The van der Waals surface area contributed by atoms with E-state index in [0.717, 1.165) is 37.1 Å². The number of hydrogen-bond donors (Lipinski definition) is 1. The molecule has 0 aromatic carbocycles. The molecule has 7 nitrogen and oxygen atoms in total. The van der Waals surface area contributed by atoms with Gasteiger partial charge in [-0.3, -0.25) is 14.3 Å². The number of likely N-dealkylation sites (tertiary alicyclic amines) is 1. The number of nitrogens with one attached hydrogen (secondary N) is 1. The van der Waals surface area contributed by atoms with Crippen LogP contribution in [0.4, 0.5) is 0 Å². The Morgan fingerprint density at radius 3 is 2.84 bits per heavy atom. The second-order valence-corrected chi connectivity index (χ2v) is 7.32. The minimum absolute atomic E-state index is 0.0585. The average molecular weight is 361 g/mol. The van der Waals surface area contributed by atoms with Crippen molar-refractivity contribution >= 4 is 23.2 Å². The molecule has 0 radical (unpaired) electrons. The Morgan fingerprint density at radius 2 is 2.16 bits per heavy atom. The van der Waals surface area contributed by atoms with E-state index in [4.69, 9.17) is 0 Å². The molecule has 0 bridgehead atoms. The summed E-state index contributed by atoms with van der Waals surface area (Å²) >= 11 is 1.36. The van der Waals surface area contributed by atoms with Gasteiger partial charge in [0.2, 0.25) is 5.91 Å². The highest BCUT2D eigenvalue weighted by Gasteiger charge is 2.23. The van der Waals surface area contributed by atoms with Gasteiger partial charge in [0.1, 0.15) is 11.4 Å². The first-order chi connectivity index (χ1) is 12.0. The zero-order valence-electron chi connectivity index (χ0n) is 14.6. The van der Waals surface area contributed by atoms with E-state index in [0.29, 0.717) is 11.4 Å². The van der Waals surface area contributed by atoms with Gasteiger partial charge >= 0.3 is 0 Å². The molecule has 2 aromatic heterocycles. The molecule has 0 unspecified atom stereocenters. The van der Waals surface area contributed by atoms with Gasteiger partial charge in [0, 0.05) is 25.3 Å². The molecule has 1 aliphatic rings. The molecule has 1 saturated heterocycles. The van der Waals surface area contributed by atoms with Gasteiger partial charge in [-0.2, -0.15) is 5.10 Å². The molecular formula is C17H23N5O2S.